The number of hydrogen-bond donors (Lipinski definition) is 0. The quantitative estimate of drug-likeness (QED) is 0.0868. The lowest BCUT2D eigenvalue weighted by Gasteiger charge is -2.50. The highest BCUT2D eigenvalue weighted by molar-refractivity contribution is 8.76. The van der Waals surface area contributed by atoms with Crippen LogP contribution in [0, 0.1) is 23.1 Å². The van der Waals surface area contributed by atoms with Crippen molar-refractivity contribution in [2.24, 2.45) is 17.3 Å². The number of aryl methyl sites for hydroxylation is 1. The maximum atomic E-state index is 15.2. The average Bonchev–Trinajstić information content (AvgIpc) is 3.60. The molecule has 2 unspecified atom stereocenters. The van der Waals surface area contributed by atoms with Crippen LogP contribution < -0.4 is 14.2 Å². The van der Waals surface area contributed by atoms with Gasteiger partial charge in [0.1, 0.15) is 24.7 Å². The van der Waals surface area contributed by atoms with E-state index in [-0.39, 0.29) is 80.2 Å². The highest BCUT2D eigenvalue weighted by Crippen LogP contribution is 2.62. The van der Waals surface area contributed by atoms with Crippen molar-refractivity contribution in [2.75, 3.05) is 57.7 Å². The number of halogens is 10. The lowest BCUT2D eigenvalue weighted by molar-refractivity contribution is -0.457. The second-order valence-electron chi connectivity index (χ2n) is 17.7. The van der Waals surface area contributed by atoms with Gasteiger partial charge in [0.2, 0.25) is 0 Å². The smallest absolute Gasteiger partial charge is 0.435 e. The maximum Gasteiger partial charge on any atom is 0.435 e. The predicted molar refractivity (Wildman–Crippen MR) is 225 cm³/mol. The molecule has 1 amide bonds. The lowest BCUT2D eigenvalue weighted by atomic mass is 9.55. The molecule has 7 rings (SSSR count). The normalized spacial score (nSPS) is 27.1. The summed E-state index contributed by atoms with van der Waals surface area (Å²) < 4.78 is 173. The van der Waals surface area contributed by atoms with Gasteiger partial charge in [0.05, 0.1) is 19.3 Å². The van der Waals surface area contributed by atoms with Crippen LogP contribution >= 0.6 is 21.6 Å². The molecular formula is C45H55F10NO8S2. The first-order valence-electron chi connectivity index (χ1n) is 22.4. The minimum Gasteiger partial charge on any atom is -0.490 e. The zero-order valence-electron chi connectivity index (χ0n) is 36.4. The molecule has 2 aromatic carbocycles. The summed E-state index contributed by atoms with van der Waals surface area (Å²) in [6, 6.07) is 9.96. The molecule has 2 aliphatic heterocycles. The number of nitrogens with zero attached hydrogens (tertiary/aromatic N) is 1. The molecule has 4 fully saturated rings. The zero-order chi connectivity index (χ0) is 47.3. The molecule has 9 nitrogen and oxygen atoms in total. The van der Waals surface area contributed by atoms with Gasteiger partial charge in [-0.05, 0) is 129 Å². The average molecular weight is 992 g/mol. The predicted octanol–water partition coefficient (Wildman–Crippen LogP) is 11.9. The fraction of sp³-hybridized carbons (Fsp3) is 0.711. The van der Waals surface area contributed by atoms with E-state index >= 15 is 4.39 Å². The van der Waals surface area contributed by atoms with E-state index in [2.05, 4.69) is 17.7 Å². The van der Waals surface area contributed by atoms with Crippen LogP contribution in [-0.4, -0.2) is 111 Å². The van der Waals surface area contributed by atoms with E-state index in [9.17, 15) is 44.3 Å². The van der Waals surface area contributed by atoms with Gasteiger partial charge in [0, 0.05) is 43.4 Å². The van der Waals surface area contributed by atoms with Gasteiger partial charge in [-0.2, -0.15) is 39.5 Å². The molecule has 0 bridgehead atoms. The number of carbonyl (C=O) groups excluding carboxylic acids is 1. The molecule has 0 N–H and O–H groups in total. The highest BCUT2D eigenvalue weighted by Gasteiger charge is 2.85. The zero-order valence-corrected chi connectivity index (χ0v) is 38.0. The Bertz CT molecular complexity index is 1890. The van der Waals surface area contributed by atoms with E-state index in [0.29, 0.717) is 24.7 Å². The van der Waals surface area contributed by atoms with Gasteiger partial charge in [0.15, 0.2) is 17.9 Å². The van der Waals surface area contributed by atoms with E-state index in [1.165, 1.54) is 17.7 Å². The van der Waals surface area contributed by atoms with Crippen molar-refractivity contribution >= 4 is 27.7 Å². The summed E-state index contributed by atoms with van der Waals surface area (Å²) in [6.07, 6.45) is -13.9. The SMILES string of the molecule is C[C@]12CC[C@@H]3c4ccc(OCCOc5ccc(OC(=O)N(CCOC6CCCCO6)C6CCSSC6)c(F)c5)cc4CC[C@H]3[C@@H]1CC[C@@H]2OCCCOC(C(F)(F)F)(C(F)(F)F)C(F)(F)F. The molecule has 66 heavy (non-hydrogen) atoms. The number of ether oxygens (including phenoxy) is 7. The number of rotatable bonds is 17. The first-order valence-corrected chi connectivity index (χ1v) is 24.9. The van der Waals surface area contributed by atoms with E-state index in [0.717, 1.165) is 80.9 Å². The first-order chi connectivity index (χ1) is 31.3. The molecule has 0 aromatic heterocycles. The number of benzene rings is 2. The Kier molecular flexibility index (Phi) is 16.6. The van der Waals surface area contributed by atoms with Crippen LogP contribution in [0.5, 0.6) is 17.2 Å². The van der Waals surface area contributed by atoms with Crippen LogP contribution in [0.2, 0.25) is 0 Å². The van der Waals surface area contributed by atoms with E-state index in [4.69, 9.17) is 28.4 Å². The molecule has 3 aliphatic carbocycles. The highest BCUT2D eigenvalue weighted by atomic mass is 33.1. The Hall–Kier alpha value is -2.85. The molecule has 0 spiro atoms. The van der Waals surface area contributed by atoms with Crippen LogP contribution in [-0.2, 0) is 25.4 Å². The van der Waals surface area contributed by atoms with Gasteiger partial charge in [-0.3, -0.25) is 0 Å². The Balaban J connectivity index is 0.856. The number of carbonyl (C=O) groups is 1. The summed E-state index contributed by atoms with van der Waals surface area (Å²) >= 11 is 0. The molecule has 5 aliphatic rings. The van der Waals surface area contributed by atoms with Gasteiger partial charge >= 0.3 is 30.2 Å². The Morgan fingerprint density at radius 2 is 1.53 bits per heavy atom. The third kappa shape index (κ3) is 11.3. The minimum absolute atomic E-state index is 0.0718. The molecule has 2 saturated heterocycles. The van der Waals surface area contributed by atoms with Crippen molar-refractivity contribution in [3.8, 4) is 17.2 Å². The van der Waals surface area contributed by atoms with Crippen molar-refractivity contribution in [3.63, 3.8) is 0 Å². The van der Waals surface area contributed by atoms with E-state index in [1.54, 1.807) is 26.5 Å². The van der Waals surface area contributed by atoms with Crippen molar-refractivity contribution in [2.45, 2.75) is 126 Å². The Morgan fingerprint density at radius 1 is 0.803 bits per heavy atom. The van der Waals surface area contributed by atoms with Gasteiger partial charge in [-0.15, -0.1) is 0 Å². The maximum absolute atomic E-state index is 15.2. The molecule has 370 valence electrons. The molecular weight excluding hydrogens is 937 g/mol. The number of fused-ring (bicyclic) bond motifs is 5. The number of hydrogen-bond acceptors (Lipinski definition) is 10. The van der Waals surface area contributed by atoms with Gasteiger partial charge < -0.3 is 38.1 Å². The molecule has 7 atom stereocenters. The monoisotopic (exact) mass is 991 g/mol. The summed E-state index contributed by atoms with van der Waals surface area (Å²) in [6.45, 7) is 1.77. The molecule has 2 heterocycles. The summed E-state index contributed by atoms with van der Waals surface area (Å²) in [7, 11) is 3.43. The third-order valence-electron chi connectivity index (χ3n) is 13.8. The van der Waals surface area contributed by atoms with Crippen LogP contribution in [0.25, 0.3) is 0 Å². The largest absolute Gasteiger partial charge is 0.490 e. The second kappa shape index (κ2) is 21.4. The van der Waals surface area contributed by atoms with Crippen LogP contribution in [0.3, 0.4) is 0 Å². The standard InChI is InChI=1S/C45H55F10NO8S2/c1-41-16-14-33-32-10-7-30(25-28(32)6-9-34(33)35(41)11-13-38(41)60-19-4-20-63-42(43(47,48)49,44(50,51)52)45(53,54)55)58-22-23-59-31-8-12-37(36(46)26-31)64-40(57)56(29-15-24-65-66-27-29)17-21-62-39-5-2-3-18-61-39/h7-8,10,12,25-26,29,33-35,38-39H,2-6,9,11,13-24,27H2,1H3/t29?,33-,34-,35+,38+,39?,41+/m1/s1. The molecule has 0 radical (unpaired) electrons. The summed E-state index contributed by atoms with van der Waals surface area (Å²) in [5.74, 6) is 2.34. The van der Waals surface area contributed by atoms with Crippen molar-refractivity contribution in [1.29, 1.82) is 0 Å². The van der Waals surface area contributed by atoms with Crippen molar-refractivity contribution in [1.82, 2.24) is 4.90 Å². The molecule has 21 heteroatoms. The Labute approximate surface area is 385 Å². The van der Waals surface area contributed by atoms with E-state index < -0.39 is 49.1 Å². The van der Waals surface area contributed by atoms with E-state index in [1.807, 2.05) is 12.1 Å². The topological polar surface area (TPSA) is 84.9 Å². The van der Waals surface area contributed by atoms with Gasteiger partial charge in [-0.1, -0.05) is 34.6 Å². The fourth-order valence-corrected chi connectivity index (χ4v) is 13.0. The van der Waals surface area contributed by atoms with Gasteiger partial charge in [-0.25, -0.2) is 9.18 Å². The van der Waals surface area contributed by atoms with Gasteiger partial charge in [0.25, 0.3) is 0 Å². The number of alkyl halides is 9. The fourth-order valence-electron chi connectivity index (χ4n) is 10.5. The second-order valence-corrected chi connectivity index (χ2v) is 20.3. The lowest BCUT2D eigenvalue weighted by Crippen LogP contribution is -2.67. The molecule has 2 aromatic rings. The summed E-state index contributed by atoms with van der Waals surface area (Å²) in [4.78, 5) is 15.0. The minimum atomic E-state index is -6.77. The van der Waals surface area contributed by atoms with Crippen LogP contribution in [0.15, 0.2) is 36.4 Å². The van der Waals surface area contributed by atoms with Crippen molar-refractivity contribution < 1.29 is 81.9 Å². The third-order valence-corrected chi connectivity index (χ3v) is 16.3. The summed E-state index contributed by atoms with van der Waals surface area (Å²) in [5.41, 5.74) is -4.23. The van der Waals surface area contributed by atoms with Crippen LogP contribution in [0.4, 0.5) is 48.7 Å². The Morgan fingerprint density at radius 3 is 2.20 bits per heavy atom. The first kappa shape index (κ1) is 51.0. The molecule has 2 saturated carbocycles. The van der Waals surface area contributed by atoms with Crippen LogP contribution in [0.1, 0.15) is 88.2 Å². The van der Waals surface area contributed by atoms with Crippen molar-refractivity contribution in [3.05, 3.63) is 53.3 Å². The summed E-state index contributed by atoms with van der Waals surface area (Å²) in [5, 5.41) is 0. The number of amides is 1.